The Kier molecular flexibility index (Phi) is 2.80. The van der Waals surface area contributed by atoms with Crippen LogP contribution in [0.2, 0.25) is 0 Å². The van der Waals surface area contributed by atoms with Crippen molar-refractivity contribution >= 4 is 11.9 Å². The van der Waals surface area contributed by atoms with Gasteiger partial charge in [0.2, 0.25) is 5.91 Å². The second-order valence-electron chi connectivity index (χ2n) is 3.97. The van der Waals surface area contributed by atoms with Crippen molar-refractivity contribution in [3.8, 4) is 0 Å². The zero-order chi connectivity index (χ0) is 10.9. The van der Waals surface area contributed by atoms with Gasteiger partial charge in [-0.15, -0.1) is 0 Å². The summed E-state index contributed by atoms with van der Waals surface area (Å²) in [7, 11) is 1.30. The highest BCUT2D eigenvalue weighted by atomic mass is 16.5. The molecule has 2 unspecified atom stereocenters. The molecule has 1 fully saturated rings. The number of carbonyl (C=O) groups excluding carboxylic acids is 2. The van der Waals surface area contributed by atoms with E-state index < -0.39 is 11.6 Å². The second-order valence-corrected chi connectivity index (χ2v) is 3.97. The molecule has 0 aromatic rings. The Morgan fingerprint density at radius 2 is 2.14 bits per heavy atom. The predicted octanol–water partition coefficient (Wildman–Crippen LogP) is -0.380. The minimum Gasteiger partial charge on any atom is -0.466 e. The number of nitrogens with one attached hydrogen (secondary N) is 2. The van der Waals surface area contributed by atoms with Gasteiger partial charge in [-0.3, -0.25) is 10.1 Å². The normalized spacial score (nSPS) is 31.8. The zero-order valence-electron chi connectivity index (χ0n) is 8.88. The minimum atomic E-state index is -1.08. The number of hydrogen-bond donors (Lipinski definition) is 2. The second kappa shape index (κ2) is 3.57. The molecule has 0 aliphatic carbocycles. The summed E-state index contributed by atoms with van der Waals surface area (Å²) in [5.41, 5.74) is -1.08. The molecule has 2 atom stereocenters. The number of hydrogen-bond acceptors (Lipinski definition) is 4. The van der Waals surface area contributed by atoms with Gasteiger partial charge in [-0.2, -0.15) is 0 Å². The summed E-state index contributed by atoms with van der Waals surface area (Å²) in [6, 6.07) is -0.334. The molecule has 80 valence electrons. The highest BCUT2D eigenvalue weighted by molar-refractivity contribution is 5.93. The Morgan fingerprint density at radius 3 is 2.50 bits per heavy atom. The first-order valence-electron chi connectivity index (χ1n) is 4.59. The van der Waals surface area contributed by atoms with E-state index in [0.717, 1.165) is 0 Å². The molecular formula is C9H16N2O3. The van der Waals surface area contributed by atoms with Gasteiger partial charge in [0.1, 0.15) is 0 Å². The molecule has 1 aliphatic rings. The van der Waals surface area contributed by atoms with Gasteiger partial charge in [0, 0.05) is 0 Å². The topological polar surface area (TPSA) is 67.4 Å². The average molecular weight is 200 g/mol. The van der Waals surface area contributed by atoms with Crippen LogP contribution >= 0.6 is 0 Å². The van der Waals surface area contributed by atoms with E-state index in [4.69, 9.17) is 0 Å². The van der Waals surface area contributed by atoms with Crippen LogP contribution in [-0.2, 0) is 14.3 Å². The fourth-order valence-corrected chi connectivity index (χ4v) is 1.52. The molecular weight excluding hydrogens is 184 g/mol. The summed E-state index contributed by atoms with van der Waals surface area (Å²) < 4.78 is 4.60. The number of esters is 1. The monoisotopic (exact) mass is 200 g/mol. The molecule has 0 bridgehead atoms. The van der Waals surface area contributed by atoms with Crippen LogP contribution in [0.3, 0.4) is 0 Å². The zero-order valence-corrected chi connectivity index (χ0v) is 8.88. The molecule has 0 spiro atoms. The standard InChI is InChI=1S/C9H16N2O3/c1-5(2)6-7(12)11-9(3,10-6)8(13)14-4/h5-6,10H,1-4H3,(H,11,12). The van der Waals surface area contributed by atoms with Gasteiger partial charge in [-0.1, -0.05) is 13.8 Å². The largest absolute Gasteiger partial charge is 0.466 e. The Bertz CT molecular complexity index is 265. The van der Waals surface area contributed by atoms with Crippen LogP contribution in [0.15, 0.2) is 0 Å². The first-order chi connectivity index (χ1) is 6.40. The highest BCUT2D eigenvalue weighted by Crippen LogP contribution is 2.16. The van der Waals surface area contributed by atoms with E-state index in [0.29, 0.717) is 0 Å². The predicted molar refractivity (Wildman–Crippen MR) is 50.3 cm³/mol. The quantitative estimate of drug-likeness (QED) is 0.596. The maximum absolute atomic E-state index is 11.5. The highest BCUT2D eigenvalue weighted by Gasteiger charge is 2.47. The van der Waals surface area contributed by atoms with E-state index in [-0.39, 0.29) is 17.9 Å². The maximum Gasteiger partial charge on any atom is 0.346 e. The van der Waals surface area contributed by atoms with Crippen molar-refractivity contribution in [3.05, 3.63) is 0 Å². The Morgan fingerprint density at radius 1 is 1.57 bits per heavy atom. The van der Waals surface area contributed by atoms with E-state index in [9.17, 15) is 9.59 Å². The first kappa shape index (κ1) is 11.0. The lowest BCUT2D eigenvalue weighted by Crippen LogP contribution is -2.55. The van der Waals surface area contributed by atoms with Crippen molar-refractivity contribution < 1.29 is 14.3 Å². The SMILES string of the molecule is COC(=O)C1(C)NC(=O)C(C(C)C)N1. The third kappa shape index (κ3) is 1.72. The fourth-order valence-electron chi connectivity index (χ4n) is 1.52. The smallest absolute Gasteiger partial charge is 0.346 e. The maximum atomic E-state index is 11.5. The molecule has 1 rings (SSSR count). The molecule has 0 radical (unpaired) electrons. The van der Waals surface area contributed by atoms with Gasteiger partial charge in [-0.05, 0) is 12.8 Å². The minimum absolute atomic E-state index is 0.140. The summed E-state index contributed by atoms with van der Waals surface area (Å²) in [5, 5.41) is 5.52. The van der Waals surface area contributed by atoms with E-state index in [1.165, 1.54) is 7.11 Å². The molecule has 1 saturated heterocycles. The van der Waals surface area contributed by atoms with E-state index in [2.05, 4.69) is 15.4 Å². The van der Waals surface area contributed by atoms with Crippen molar-refractivity contribution in [2.45, 2.75) is 32.5 Å². The van der Waals surface area contributed by atoms with Crippen LogP contribution in [0.1, 0.15) is 20.8 Å². The van der Waals surface area contributed by atoms with Crippen molar-refractivity contribution in [1.82, 2.24) is 10.6 Å². The molecule has 0 aromatic heterocycles. The summed E-state index contributed by atoms with van der Waals surface area (Å²) >= 11 is 0. The first-order valence-corrected chi connectivity index (χ1v) is 4.59. The molecule has 2 N–H and O–H groups in total. The van der Waals surface area contributed by atoms with Crippen molar-refractivity contribution in [2.24, 2.45) is 5.92 Å². The lowest BCUT2D eigenvalue weighted by Gasteiger charge is -2.22. The molecule has 1 heterocycles. The van der Waals surface area contributed by atoms with Gasteiger partial charge in [0.25, 0.3) is 0 Å². The Balaban J connectivity index is 2.80. The molecule has 0 saturated carbocycles. The molecule has 5 nitrogen and oxygen atoms in total. The lowest BCUT2D eigenvalue weighted by atomic mass is 10.1. The van der Waals surface area contributed by atoms with E-state index in [1.54, 1.807) is 6.92 Å². The Labute approximate surface area is 83.2 Å². The number of methoxy groups -OCH3 is 1. The third-order valence-electron chi connectivity index (χ3n) is 2.36. The van der Waals surface area contributed by atoms with Gasteiger partial charge in [0.15, 0.2) is 5.66 Å². The summed E-state index contributed by atoms with van der Waals surface area (Å²) in [5.74, 6) is -0.497. The molecule has 5 heteroatoms. The van der Waals surface area contributed by atoms with Crippen molar-refractivity contribution in [2.75, 3.05) is 7.11 Å². The van der Waals surface area contributed by atoms with Crippen LogP contribution in [-0.4, -0.2) is 30.7 Å². The fraction of sp³-hybridized carbons (Fsp3) is 0.778. The lowest BCUT2D eigenvalue weighted by molar-refractivity contribution is -0.149. The number of amides is 1. The molecule has 1 aliphatic heterocycles. The van der Waals surface area contributed by atoms with Gasteiger partial charge in [-0.25, -0.2) is 4.79 Å². The average Bonchev–Trinajstić information content (AvgIpc) is 2.42. The Hall–Kier alpha value is -1.10. The summed E-state index contributed by atoms with van der Waals surface area (Å²) in [6.07, 6.45) is 0. The van der Waals surface area contributed by atoms with Crippen molar-refractivity contribution in [3.63, 3.8) is 0 Å². The summed E-state index contributed by atoms with van der Waals surface area (Å²) in [6.45, 7) is 5.43. The van der Waals surface area contributed by atoms with E-state index in [1.807, 2.05) is 13.8 Å². The van der Waals surface area contributed by atoms with E-state index >= 15 is 0 Å². The van der Waals surface area contributed by atoms with Crippen LogP contribution < -0.4 is 10.6 Å². The van der Waals surface area contributed by atoms with Gasteiger partial charge >= 0.3 is 5.97 Å². The molecule has 1 amide bonds. The number of rotatable bonds is 2. The summed E-state index contributed by atoms with van der Waals surface area (Å²) in [4.78, 5) is 22.8. The third-order valence-corrected chi connectivity index (χ3v) is 2.36. The van der Waals surface area contributed by atoms with Crippen LogP contribution in [0.25, 0.3) is 0 Å². The van der Waals surface area contributed by atoms with Gasteiger partial charge < -0.3 is 10.1 Å². The van der Waals surface area contributed by atoms with Gasteiger partial charge in [0.05, 0.1) is 13.2 Å². The van der Waals surface area contributed by atoms with Crippen LogP contribution in [0, 0.1) is 5.92 Å². The van der Waals surface area contributed by atoms with Crippen LogP contribution in [0.5, 0.6) is 0 Å². The number of ether oxygens (including phenoxy) is 1. The number of carbonyl (C=O) groups is 2. The van der Waals surface area contributed by atoms with Crippen LogP contribution in [0.4, 0.5) is 0 Å². The molecule has 14 heavy (non-hydrogen) atoms. The molecule has 0 aromatic carbocycles. The van der Waals surface area contributed by atoms with Crippen molar-refractivity contribution in [1.29, 1.82) is 0 Å².